The first-order chi connectivity index (χ1) is 12.2. The summed E-state index contributed by atoms with van der Waals surface area (Å²) in [5.74, 6) is 0.641. The zero-order chi connectivity index (χ0) is 17.2. The van der Waals surface area contributed by atoms with E-state index in [0.29, 0.717) is 18.5 Å². The van der Waals surface area contributed by atoms with Crippen molar-refractivity contribution >= 4 is 0 Å². The third-order valence-electron chi connectivity index (χ3n) is 4.92. The first kappa shape index (κ1) is 16.4. The van der Waals surface area contributed by atoms with E-state index in [0.717, 1.165) is 48.3 Å². The van der Waals surface area contributed by atoms with Gasteiger partial charge in [0.25, 0.3) is 0 Å². The Labute approximate surface area is 148 Å². The number of hydroxylamine groups is 2. The number of ether oxygens (including phenoxy) is 1. The lowest BCUT2D eigenvalue weighted by Gasteiger charge is -2.34. The van der Waals surface area contributed by atoms with Gasteiger partial charge < -0.3 is 4.74 Å². The number of hydrogen-bond acceptors (Lipinski definition) is 6. The third kappa shape index (κ3) is 3.65. The zero-order valence-corrected chi connectivity index (χ0v) is 14.8. The molecule has 0 N–H and O–H groups in total. The second-order valence-electron chi connectivity index (χ2n) is 6.90. The van der Waals surface area contributed by atoms with Gasteiger partial charge in [-0.25, -0.2) is 9.97 Å². The second kappa shape index (κ2) is 7.06. The fourth-order valence-corrected chi connectivity index (χ4v) is 3.12. The van der Waals surface area contributed by atoms with E-state index < -0.39 is 0 Å². The molecule has 1 aliphatic heterocycles. The minimum Gasteiger partial charge on any atom is -0.468 e. The van der Waals surface area contributed by atoms with E-state index in [1.54, 1.807) is 6.33 Å². The first-order valence-corrected chi connectivity index (χ1v) is 9.02. The minimum absolute atomic E-state index is 0.164. The number of hydrogen-bond donors (Lipinski definition) is 0. The predicted octanol–water partition coefficient (Wildman–Crippen LogP) is 3.16. The maximum atomic E-state index is 6.14. The quantitative estimate of drug-likeness (QED) is 0.833. The number of rotatable bonds is 5. The molecule has 4 rings (SSSR count). The molecule has 0 amide bonds. The minimum atomic E-state index is -0.164. The number of aryl methyl sites for hydroxylation is 1. The molecule has 2 aromatic heterocycles. The van der Waals surface area contributed by atoms with Crippen LogP contribution in [-0.4, -0.2) is 32.7 Å². The van der Waals surface area contributed by atoms with Crippen LogP contribution in [0, 0.1) is 6.92 Å². The Balaban J connectivity index is 1.49. The Morgan fingerprint density at radius 1 is 1.20 bits per heavy atom. The van der Waals surface area contributed by atoms with Gasteiger partial charge in [-0.05, 0) is 44.7 Å². The van der Waals surface area contributed by atoms with Crippen LogP contribution in [0.3, 0.4) is 0 Å². The summed E-state index contributed by atoms with van der Waals surface area (Å²) in [5, 5.41) is 2.04. The van der Waals surface area contributed by atoms with Gasteiger partial charge in [0.15, 0.2) is 0 Å². The van der Waals surface area contributed by atoms with Crippen molar-refractivity contribution in [1.82, 2.24) is 20.0 Å². The molecule has 0 saturated heterocycles. The highest BCUT2D eigenvalue weighted by atomic mass is 16.7. The summed E-state index contributed by atoms with van der Waals surface area (Å²) in [7, 11) is 0. The normalized spacial score (nSPS) is 19.1. The van der Waals surface area contributed by atoms with E-state index in [9.17, 15) is 0 Å². The van der Waals surface area contributed by atoms with Gasteiger partial charge in [0.05, 0.1) is 29.6 Å². The third-order valence-corrected chi connectivity index (χ3v) is 4.92. The van der Waals surface area contributed by atoms with E-state index in [1.165, 1.54) is 6.42 Å². The molecule has 0 spiro atoms. The zero-order valence-electron chi connectivity index (χ0n) is 14.8. The van der Waals surface area contributed by atoms with Gasteiger partial charge in [-0.3, -0.25) is 9.82 Å². The van der Waals surface area contributed by atoms with Crippen LogP contribution in [0.25, 0.3) is 0 Å². The van der Waals surface area contributed by atoms with Gasteiger partial charge in [0.1, 0.15) is 12.4 Å². The van der Waals surface area contributed by atoms with Crippen molar-refractivity contribution in [2.24, 2.45) is 0 Å². The lowest BCUT2D eigenvalue weighted by Crippen LogP contribution is -2.37. The highest BCUT2D eigenvalue weighted by molar-refractivity contribution is 5.32. The van der Waals surface area contributed by atoms with Crippen molar-refractivity contribution in [2.45, 2.75) is 58.3 Å². The first-order valence-electron chi connectivity index (χ1n) is 9.02. The molecule has 2 aliphatic rings. The molecule has 3 heterocycles. The summed E-state index contributed by atoms with van der Waals surface area (Å²) in [6.45, 7) is 5.57. The monoisotopic (exact) mass is 340 g/mol. The highest BCUT2D eigenvalue weighted by Crippen LogP contribution is 2.30. The molecule has 1 saturated carbocycles. The van der Waals surface area contributed by atoms with Gasteiger partial charge in [-0.2, -0.15) is 5.06 Å². The van der Waals surface area contributed by atoms with Crippen LogP contribution in [0.5, 0.6) is 5.88 Å². The maximum absolute atomic E-state index is 6.14. The van der Waals surface area contributed by atoms with Gasteiger partial charge in [0.2, 0.25) is 5.88 Å². The highest BCUT2D eigenvalue weighted by Gasteiger charge is 2.27. The Morgan fingerprint density at radius 2 is 2.08 bits per heavy atom. The maximum Gasteiger partial charge on any atom is 0.221 e. The van der Waals surface area contributed by atoms with Crippen molar-refractivity contribution in [3.05, 3.63) is 47.2 Å². The number of nitrogens with zero attached hydrogens (tertiary/aromatic N) is 4. The summed E-state index contributed by atoms with van der Waals surface area (Å²) in [5.41, 5.74) is 4.13. The molecule has 0 aromatic carbocycles. The molecule has 132 valence electrons. The molecular weight excluding hydrogens is 316 g/mol. The average Bonchev–Trinajstić information content (AvgIpc) is 2.59. The average molecular weight is 340 g/mol. The topological polar surface area (TPSA) is 60.4 Å². The molecule has 0 bridgehead atoms. The van der Waals surface area contributed by atoms with Gasteiger partial charge in [-0.15, -0.1) is 0 Å². The molecule has 1 fully saturated rings. The lowest BCUT2D eigenvalue weighted by molar-refractivity contribution is -0.225. The molecule has 1 atom stereocenters. The van der Waals surface area contributed by atoms with Crippen LogP contribution >= 0.6 is 0 Å². The Kier molecular flexibility index (Phi) is 4.63. The van der Waals surface area contributed by atoms with Gasteiger partial charge in [0, 0.05) is 19.2 Å². The Bertz CT molecular complexity index is 731. The fourth-order valence-electron chi connectivity index (χ4n) is 3.12. The number of pyridine rings is 1. The van der Waals surface area contributed by atoms with E-state index in [1.807, 2.05) is 37.2 Å². The van der Waals surface area contributed by atoms with Crippen molar-refractivity contribution < 1.29 is 9.57 Å². The summed E-state index contributed by atoms with van der Waals surface area (Å²) in [6, 6.07) is 4.05. The molecule has 1 unspecified atom stereocenters. The molecule has 25 heavy (non-hydrogen) atoms. The smallest absolute Gasteiger partial charge is 0.221 e. The molecular formula is C19H24N4O2. The van der Waals surface area contributed by atoms with E-state index in [-0.39, 0.29) is 6.10 Å². The molecule has 2 aromatic rings. The van der Waals surface area contributed by atoms with Crippen molar-refractivity contribution in [2.75, 3.05) is 6.54 Å². The van der Waals surface area contributed by atoms with E-state index >= 15 is 0 Å². The van der Waals surface area contributed by atoms with Crippen molar-refractivity contribution in [3.63, 3.8) is 0 Å². The summed E-state index contributed by atoms with van der Waals surface area (Å²) in [6.07, 6.45) is 8.12. The van der Waals surface area contributed by atoms with Crippen LogP contribution in [0.2, 0.25) is 0 Å². The van der Waals surface area contributed by atoms with Gasteiger partial charge >= 0.3 is 0 Å². The van der Waals surface area contributed by atoms with Crippen LogP contribution < -0.4 is 4.74 Å². The van der Waals surface area contributed by atoms with E-state index in [2.05, 4.69) is 15.0 Å². The van der Waals surface area contributed by atoms with Crippen LogP contribution in [0.15, 0.2) is 24.7 Å². The number of aromatic nitrogens is 3. The molecule has 6 heteroatoms. The summed E-state index contributed by atoms with van der Waals surface area (Å²) >= 11 is 0. The summed E-state index contributed by atoms with van der Waals surface area (Å²) in [4.78, 5) is 19.3. The van der Waals surface area contributed by atoms with E-state index in [4.69, 9.17) is 9.57 Å². The van der Waals surface area contributed by atoms with Gasteiger partial charge in [-0.1, -0.05) is 6.07 Å². The SMILES string of the molecule is Cc1ccc(C(C)Oc2ncnc3c2CN(OC2CCC2)CC3)nc1. The predicted molar refractivity (Wildman–Crippen MR) is 92.9 cm³/mol. The van der Waals surface area contributed by atoms with Crippen molar-refractivity contribution in [3.8, 4) is 5.88 Å². The molecule has 1 aliphatic carbocycles. The van der Waals surface area contributed by atoms with Crippen LogP contribution in [0.4, 0.5) is 0 Å². The molecule has 0 radical (unpaired) electrons. The van der Waals surface area contributed by atoms with Crippen LogP contribution in [0.1, 0.15) is 54.8 Å². The van der Waals surface area contributed by atoms with Crippen molar-refractivity contribution in [1.29, 1.82) is 0 Å². The standard InChI is InChI=1S/C19H24N4O2/c1-13-6-7-17(20-10-13)14(2)24-19-16-11-23(25-15-4-3-5-15)9-8-18(16)21-12-22-19/h6-7,10,12,14-15H,3-5,8-9,11H2,1-2H3. The largest absolute Gasteiger partial charge is 0.468 e. The fraction of sp³-hybridized carbons (Fsp3) is 0.526. The lowest BCUT2D eigenvalue weighted by atomic mass is 9.96. The second-order valence-corrected chi connectivity index (χ2v) is 6.90. The van der Waals surface area contributed by atoms with Crippen LogP contribution in [-0.2, 0) is 17.8 Å². The Hall–Kier alpha value is -2.05. The number of fused-ring (bicyclic) bond motifs is 1. The molecule has 6 nitrogen and oxygen atoms in total. The summed E-state index contributed by atoms with van der Waals surface area (Å²) < 4.78 is 6.14. The Morgan fingerprint density at radius 3 is 2.80 bits per heavy atom.